The highest BCUT2D eigenvalue weighted by Gasteiger charge is 2.31. The topological polar surface area (TPSA) is 157 Å². The van der Waals surface area contributed by atoms with Gasteiger partial charge in [-0.2, -0.15) is 0 Å². The van der Waals surface area contributed by atoms with E-state index in [1.807, 2.05) is 12.1 Å². The van der Waals surface area contributed by atoms with Crippen molar-refractivity contribution in [3.63, 3.8) is 0 Å². The lowest BCUT2D eigenvalue weighted by Gasteiger charge is -2.21. The number of ether oxygens (including phenoxy) is 4. The molecular formula is C33H36N4O8. The van der Waals surface area contributed by atoms with Gasteiger partial charge in [-0.25, -0.2) is 0 Å². The van der Waals surface area contributed by atoms with Crippen molar-refractivity contribution in [2.24, 2.45) is 4.99 Å². The zero-order valence-corrected chi connectivity index (χ0v) is 25.1. The number of carbonyl (C=O) groups is 3. The number of amides is 2. The number of aliphatic imine (C=N–C) groups is 1. The summed E-state index contributed by atoms with van der Waals surface area (Å²) in [4.78, 5) is 44.1. The van der Waals surface area contributed by atoms with E-state index < -0.39 is 0 Å². The summed E-state index contributed by atoms with van der Waals surface area (Å²) in [6.07, 6.45) is 1.80. The number of aliphatic hydroxyl groups is 1. The summed E-state index contributed by atoms with van der Waals surface area (Å²) < 4.78 is 22.0. The molecule has 45 heavy (non-hydrogen) atoms. The fourth-order valence-corrected chi connectivity index (χ4v) is 5.28. The van der Waals surface area contributed by atoms with Crippen molar-refractivity contribution in [1.29, 1.82) is 0 Å². The molecule has 3 aromatic carbocycles. The van der Waals surface area contributed by atoms with Gasteiger partial charge in [0.15, 0.2) is 11.5 Å². The molecule has 0 bridgehead atoms. The number of ketones is 1. The average molecular weight is 617 g/mol. The molecule has 12 nitrogen and oxygen atoms in total. The summed E-state index contributed by atoms with van der Waals surface area (Å²) in [5.41, 5.74) is 3.42. The van der Waals surface area contributed by atoms with Crippen molar-refractivity contribution in [1.82, 2.24) is 16.0 Å². The Labute approximate surface area is 260 Å². The van der Waals surface area contributed by atoms with E-state index in [9.17, 15) is 14.4 Å². The highest BCUT2D eigenvalue weighted by atomic mass is 16.5. The van der Waals surface area contributed by atoms with E-state index in [2.05, 4.69) is 20.9 Å². The molecule has 2 atom stereocenters. The van der Waals surface area contributed by atoms with Crippen molar-refractivity contribution >= 4 is 23.8 Å². The standard InChI is InChI=1S/C33H36N4O8/c1-42-28-10-9-27(45-14-13-44-12-11-38)29(31(28)43-2)30(39)20-3-5-21(6-4-20)32(40)36-25-18-35-19-26(25)37-33(41)22-7-8-23-16-34-17-24(23)15-22/h3-10,15-16,25-26,35,38H,11-14,17-19H2,1-2H3,(H,36,40)(H,37,41)/t25-,26-/m1/s1. The van der Waals surface area contributed by atoms with Gasteiger partial charge < -0.3 is 40.0 Å². The van der Waals surface area contributed by atoms with Crippen LogP contribution in [-0.4, -0.2) is 94.7 Å². The van der Waals surface area contributed by atoms with Crippen molar-refractivity contribution < 1.29 is 38.4 Å². The Balaban J connectivity index is 1.25. The van der Waals surface area contributed by atoms with Crippen LogP contribution >= 0.6 is 0 Å². The molecule has 2 heterocycles. The van der Waals surface area contributed by atoms with E-state index in [-0.39, 0.29) is 73.2 Å². The molecule has 2 amide bonds. The van der Waals surface area contributed by atoms with Gasteiger partial charge in [0.1, 0.15) is 17.9 Å². The van der Waals surface area contributed by atoms with Crippen LogP contribution in [0.5, 0.6) is 17.2 Å². The first-order valence-electron chi connectivity index (χ1n) is 14.6. The van der Waals surface area contributed by atoms with Crippen LogP contribution in [0.4, 0.5) is 0 Å². The van der Waals surface area contributed by atoms with Gasteiger partial charge in [0.2, 0.25) is 5.78 Å². The smallest absolute Gasteiger partial charge is 0.251 e. The lowest BCUT2D eigenvalue weighted by molar-refractivity contribution is 0.0700. The maximum Gasteiger partial charge on any atom is 0.251 e. The van der Waals surface area contributed by atoms with E-state index in [0.717, 1.165) is 11.1 Å². The summed E-state index contributed by atoms with van der Waals surface area (Å²) in [7, 11) is 2.91. The molecule has 236 valence electrons. The third kappa shape index (κ3) is 7.31. The van der Waals surface area contributed by atoms with Crippen LogP contribution in [0.3, 0.4) is 0 Å². The molecule has 2 aliphatic heterocycles. The van der Waals surface area contributed by atoms with Crippen LogP contribution in [-0.2, 0) is 11.3 Å². The number of fused-ring (bicyclic) bond motifs is 1. The second-order valence-electron chi connectivity index (χ2n) is 10.5. The highest BCUT2D eigenvalue weighted by molar-refractivity contribution is 6.13. The van der Waals surface area contributed by atoms with Crippen molar-refractivity contribution in [3.05, 3.63) is 88.0 Å². The molecule has 1 fully saturated rings. The van der Waals surface area contributed by atoms with E-state index in [1.54, 1.807) is 48.7 Å². The molecule has 1 saturated heterocycles. The summed E-state index contributed by atoms with van der Waals surface area (Å²) in [6, 6.07) is 14.4. The predicted octanol–water partition coefficient (Wildman–Crippen LogP) is 1.76. The second-order valence-corrected chi connectivity index (χ2v) is 10.5. The minimum atomic E-state index is -0.384. The number of benzene rings is 3. The highest BCUT2D eigenvalue weighted by Crippen LogP contribution is 2.39. The quantitative estimate of drug-likeness (QED) is 0.157. The minimum Gasteiger partial charge on any atom is -0.493 e. The van der Waals surface area contributed by atoms with Crippen LogP contribution < -0.4 is 30.2 Å². The van der Waals surface area contributed by atoms with E-state index >= 15 is 0 Å². The van der Waals surface area contributed by atoms with Crippen LogP contribution in [0.2, 0.25) is 0 Å². The Bertz CT molecular complexity index is 1570. The Morgan fingerprint density at radius 2 is 1.51 bits per heavy atom. The van der Waals surface area contributed by atoms with Gasteiger partial charge in [-0.05, 0) is 47.5 Å². The second kappa shape index (κ2) is 14.8. The third-order valence-electron chi connectivity index (χ3n) is 7.61. The third-order valence-corrected chi connectivity index (χ3v) is 7.61. The zero-order chi connectivity index (χ0) is 31.8. The Hall–Kier alpha value is -4.78. The summed E-state index contributed by atoms with van der Waals surface area (Å²) in [5, 5.41) is 18.1. The molecule has 0 spiro atoms. The molecule has 2 aliphatic rings. The fraction of sp³-hybridized carbons (Fsp3) is 0.333. The predicted molar refractivity (Wildman–Crippen MR) is 166 cm³/mol. The summed E-state index contributed by atoms with van der Waals surface area (Å²) in [6.45, 7) is 2.01. The molecule has 0 radical (unpaired) electrons. The first-order chi connectivity index (χ1) is 21.9. The lowest BCUT2D eigenvalue weighted by Crippen LogP contribution is -2.51. The Morgan fingerprint density at radius 3 is 2.20 bits per heavy atom. The molecule has 12 heteroatoms. The van der Waals surface area contributed by atoms with Crippen LogP contribution in [0.1, 0.15) is 47.8 Å². The first kappa shape index (κ1) is 31.6. The number of nitrogens with one attached hydrogen (secondary N) is 3. The molecule has 0 unspecified atom stereocenters. The maximum atomic E-state index is 13.7. The Morgan fingerprint density at radius 1 is 0.844 bits per heavy atom. The number of nitrogens with zero attached hydrogens (tertiary/aromatic N) is 1. The molecule has 0 saturated carbocycles. The number of hydrogen-bond donors (Lipinski definition) is 4. The van der Waals surface area contributed by atoms with E-state index in [0.29, 0.717) is 42.1 Å². The molecular weight excluding hydrogens is 580 g/mol. The summed E-state index contributed by atoms with van der Waals surface area (Å²) in [5.74, 6) is -0.0742. The molecule has 5 rings (SSSR count). The van der Waals surface area contributed by atoms with Crippen LogP contribution in [0.25, 0.3) is 0 Å². The van der Waals surface area contributed by atoms with Gasteiger partial charge in [-0.1, -0.05) is 18.2 Å². The van der Waals surface area contributed by atoms with Crippen molar-refractivity contribution in [3.8, 4) is 17.2 Å². The van der Waals surface area contributed by atoms with Crippen molar-refractivity contribution in [2.75, 3.05) is 53.7 Å². The van der Waals surface area contributed by atoms with E-state index in [1.165, 1.54) is 14.2 Å². The number of rotatable bonds is 14. The summed E-state index contributed by atoms with van der Waals surface area (Å²) >= 11 is 0. The van der Waals surface area contributed by atoms with Gasteiger partial charge in [0, 0.05) is 36.0 Å². The van der Waals surface area contributed by atoms with E-state index in [4.69, 9.17) is 24.1 Å². The number of aliphatic hydroxyl groups excluding tert-OH is 1. The average Bonchev–Trinajstić information content (AvgIpc) is 3.72. The SMILES string of the molecule is COc1ccc(OCCOCCO)c(C(=O)c2ccc(C(=O)N[C@@H]3CNC[C@H]3NC(=O)c3ccc4c(c3)CN=C4)cc2)c1OC. The van der Waals surface area contributed by atoms with Crippen molar-refractivity contribution in [2.45, 2.75) is 18.6 Å². The lowest BCUT2D eigenvalue weighted by atomic mass is 9.99. The largest absolute Gasteiger partial charge is 0.493 e. The first-order valence-corrected chi connectivity index (χ1v) is 14.6. The molecule has 0 aliphatic carbocycles. The van der Waals surface area contributed by atoms with Gasteiger partial charge in [-0.3, -0.25) is 19.4 Å². The fourth-order valence-electron chi connectivity index (χ4n) is 5.28. The number of hydrogen-bond acceptors (Lipinski definition) is 10. The normalized spacial score (nSPS) is 16.6. The number of carbonyl (C=O) groups excluding carboxylic acids is 3. The maximum absolute atomic E-state index is 13.7. The van der Waals surface area contributed by atoms with Gasteiger partial charge in [-0.15, -0.1) is 0 Å². The van der Waals surface area contributed by atoms with Gasteiger partial charge in [0.05, 0.1) is 52.7 Å². The molecule has 4 N–H and O–H groups in total. The van der Waals surface area contributed by atoms with Crippen LogP contribution in [0.15, 0.2) is 59.6 Å². The zero-order valence-electron chi connectivity index (χ0n) is 25.1. The minimum absolute atomic E-state index is 0.102. The molecule has 3 aromatic rings. The number of methoxy groups -OCH3 is 2. The molecule has 0 aromatic heterocycles. The Kier molecular flexibility index (Phi) is 10.4. The van der Waals surface area contributed by atoms with Gasteiger partial charge >= 0.3 is 0 Å². The van der Waals surface area contributed by atoms with Crippen LogP contribution in [0, 0.1) is 0 Å². The monoisotopic (exact) mass is 616 g/mol. The van der Waals surface area contributed by atoms with Gasteiger partial charge in [0.25, 0.3) is 11.8 Å².